The summed E-state index contributed by atoms with van der Waals surface area (Å²) in [4.78, 5) is 12.3. The number of hydrogen-bond acceptors (Lipinski definition) is 3. The largest absolute Gasteiger partial charge is 0.481 e. The minimum atomic E-state index is -0.833. The number of H-pyrrole nitrogens is 1. The molecule has 5 nitrogen and oxygen atoms in total. The summed E-state index contributed by atoms with van der Waals surface area (Å²) < 4.78 is 5.47. The van der Waals surface area contributed by atoms with Crippen LogP contribution in [0, 0.1) is 0 Å². The molecule has 4 N–H and O–H groups in total. The number of fused-ring (bicyclic) bond motifs is 1. The van der Waals surface area contributed by atoms with Crippen molar-refractivity contribution < 1.29 is 14.3 Å². The minimum absolute atomic E-state index is 0.112. The molecule has 0 radical (unpaired) electrons. The van der Waals surface area contributed by atoms with Gasteiger partial charge in [-0.3, -0.25) is 4.79 Å². The highest BCUT2D eigenvalue weighted by atomic mass is 16.4. The van der Waals surface area contributed by atoms with Crippen molar-refractivity contribution in [2.24, 2.45) is 5.73 Å². The van der Waals surface area contributed by atoms with Crippen molar-refractivity contribution in [3.63, 3.8) is 0 Å². The first-order valence-electron chi connectivity index (χ1n) is 6.62. The summed E-state index contributed by atoms with van der Waals surface area (Å²) in [5.41, 5.74) is 8.20. The SMILES string of the molecule is CC(=O)O.NCC(c1ccco1)c1c[nH]c2ccccc12. The van der Waals surface area contributed by atoms with Crippen molar-refractivity contribution in [3.05, 3.63) is 60.2 Å². The van der Waals surface area contributed by atoms with Gasteiger partial charge in [0.05, 0.1) is 12.2 Å². The second-order valence-electron chi connectivity index (χ2n) is 4.61. The number of carboxylic acids is 1. The van der Waals surface area contributed by atoms with Gasteiger partial charge in [0.2, 0.25) is 0 Å². The molecule has 0 saturated heterocycles. The van der Waals surface area contributed by atoms with Crippen molar-refractivity contribution in [3.8, 4) is 0 Å². The lowest BCUT2D eigenvalue weighted by Crippen LogP contribution is -2.12. The monoisotopic (exact) mass is 286 g/mol. The predicted octanol–water partition coefficient (Wildman–Crippen LogP) is 2.94. The van der Waals surface area contributed by atoms with E-state index in [4.69, 9.17) is 20.1 Å². The zero-order valence-electron chi connectivity index (χ0n) is 11.7. The normalized spacial score (nSPS) is 11.7. The topological polar surface area (TPSA) is 92.2 Å². The molecule has 0 bridgehead atoms. The zero-order chi connectivity index (χ0) is 15.2. The molecule has 21 heavy (non-hydrogen) atoms. The summed E-state index contributed by atoms with van der Waals surface area (Å²) in [6, 6.07) is 12.1. The van der Waals surface area contributed by atoms with Gasteiger partial charge >= 0.3 is 0 Å². The van der Waals surface area contributed by atoms with Crippen molar-refractivity contribution in [2.75, 3.05) is 6.54 Å². The molecule has 1 aromatic carbocycles. The highest BCUT2D eigenvalue weighted by molar-refractivity contribution is 5.84. The Kier molecular flexibility index (Phi) is 4.79. The summed E-state index contributed by atoms with van der Waals surface area (Å²) in [6.45, 7) is 1.62. The molecule has 0 aliphatic heterocycles. The molecule has 0 spiro atoms. The lowest BCUT2D eigenvalue weighted by atomic mass is 9.96. The number of aromatic nitrogens is 1. The lowest BCUT2D eigenvalue weighted by Gasteiger charge is -2.10. The number of aliphatic carboxylic acids is 1. The molecule has 0 aliphatic rings. The Morgan fingerprint density at radius 1 is 1.33 bits per heavy atom. The molecule has 5 heteroatoms. The lowest BCUT2D eigenvalue weighted by molar-refractivity contribution is -0.134. The van der Waals surface area contributed by atoms with Crippen molar-refractivity contribution >= 4 is 16.9 Å². The second-order valence-corrected chi connectivity index (χ2v) is 4.61. The van der Waals surface area contributed by atoms with Gasteiger partial charge in [0.15, 0.2) is 0 Å². The molecule has 0 amide bonds. The first-order valence-corrected chi connectivity index (χ1v) is 6.62. The first kappa shape index (κ1) is 14.9. The van der Waals surface area contributed by atoms with E-state index in [-0.39, 0.29) is 5.92 Å². The summed E-state index contributed by atoms with van der Waals surface area (Å²) in [7, 11) is 0. The molecule has 1 atom stereocenters. The third-order valence-electron chi connectivity index (χ3n) is 3.12. The van der Waals surface area contributed by atoms with Gasteiger partial charge in [-0.2, -0.15) is 0 Å². The van der Waals surface area contributed by atoms with E-state index in [1.807, 2.05) is 30.5 Å². The van der Waals surface area contributed by atoms with Crippen molar-refractivity contribution in [1.29, 1.82) is 0 Å². The van der Waals surface area contributed by atoms with Crippen molar-refractivity contribution in [2.45, 2.75) is 12.8 Å². The van der Waals surface area contributed by atoms with Crippen LogP contribution >= 0.6 is 0 Å². The maximum Gasteiger partial charge on any atom is 0.300 e. The molecule has 3 rings (SSSR count). The number of nitrogens with two attached hydrogens (primary N) is 1. The summed E-state index contributed by atoms with van der Waals surface area (Å²) >= 11 is 0. The number of carbonyl (C=O) groups is 1. The fourth-order valence-electron chi connectivity index (χ4n) is 2.27. The van der Waals surface area contributed by atoms with Crippen LogP contribution in [0.1, 0.15) is 24.2 Å². The van der Waals surface area contributed by atoms with E-state index in [9.17, 15) is 0 Å². The molecular formula is C16H18N2O3. The van der Waals surface area contributed by atoms with E-state index < -0.39 is 5.97 Å². The molecule has 0 aliphatic carbocycles. The fraction of sp³-hybridized carbons (Fsp3) is 0.188. The molecular weight excluding hydrogens is 268 g/mol. The third kappa shape index (κ3) is 3.52. The van der Waals surface area contributed by atoms with Crippen LogP contribution in [0.3, 0.4) is 0 Å². The molecule has 1 unspecified atom stereocenters. The average Bonchev–Trinajstić information content (AvgIpc) is 3.10. The van der Waals surface area contributed by atoms with Gasteiger partial charge < -0.3 is 20.2 Å². The number of carboxylic acid groups (broad SMARTS) is 1. The number of aromatic amines is 1. The van der Waals surface area contributed by atoms with Gasteiger partial charge in [0.25, 0.3) is 5.97 Å². The minimum Gasteiger partial charge on any atom is -0.481 e. The van der Waals surface area contributed by atoms with Crippen LogP contribution in [0.15, 0.2) is 53.3 Å². The third-order valence-corrected chi connectivity index (χ3v) is 3.12. The summed E-state index contributed by atoms with van der Waals surface area (Å²) in [5, 5.41) is 8.62. The van der Waals surface area contributed by atoms with Crippen molar-refractivity contribution in [1.82, 2.24) is 4.98 Å². The van der Waals surface area contributed by atoms with E-state index in [0.29, 0.717) is 6.54 Å². The van der Waals surface area contributed by atoms with Crippen LogP contribution in [-0.2, 0) is 4.79 Å². The number of para-hydroxylation sites is 1. The van der Waals surface area contributed by atoms with Gasteiger partial charge in [-0.1, -0.05) is 18.2 Å². The van der Waals surface area contributed by atoms with Gasteiger partial charge in [-0.25, -0.2) is 0 Å². The maximum absolute atomic E-state index is 9.00. The number of rotatable bonds is 3. The predicted molar refractivity (Wildman–Crippen MR) is 81.2 cm³/mol. The number of furan rings is 1. The Morgan fingerprint density at radius 2 is 2.05 bits per heavy atom. The van der Waals surface area contributed by atoms with Crippen LogP contribution in [-0.4, -0.2) is 22.6 Å². The summed E-state index contributed by atoms with van der Waals surface area (Å²) in [6.07, 6.45) is 3.71. The standard InChI is InChI=1S/C14H14N2O.C2H4O2/c15-8-11(14-6-3-7-17-14)12-9-16-13-5-2-1-4-10(12)13;1-2(3)4/h1-7,9,11,16H,8,15H2;1H3,(H,3,4). The van der Waals surface area contributed by atoms with Crippen LogP contribution < -0.4 is 5.73 Å². The highest BCUT2D eigenvalue weighted by Crippen LogP contribution is 2.30. The molecule has 2 heterocycles. The maximum atomic E-state index is 9.00. The second kappa shape index (κ2) is 6.76. The van der Waals surface area contributed by atoms with Gasteiger partial charge in [-0.05, 0) is 23.8 Å². The van der Waals surface area contributed by atoms with Crippen LogP contribution in [0.25, 0.3) is 10.9 Å². The molecule has 3 aromatic rings. The number of nitrogens with one attached hydrogen (secondary N) is 1. The number of hydrogen-bond donors (Lipinski definition) is 3. The van der Waals surface area contributed by atoms with E-state index in [1.54, 1.807) is 6.26 Å². The van der Waals surface area contributed by atoms with Crippen LogP contribution in [0.2, 0.25) is 0 Å². The van der Waals surface area contributed by atoms with Crippen LogP contribution in [0.5, 0.6) is 0 Å². The average molecular weight is 286 g/mol. The van der Waals surface area contributed by atoms with E-state index >= 15 is 0 Å². The Morgan fingerprint density at radius 3 is 2.67 bits per heavy atom. The Hall–Kier alpha value is -2.53. The number of benzene rings is 1. The van der Waals surface area contributed by atoms with E-state index in [1.165, 1.54) is 10.9 Å². The van der Waals surface area contributed by atoms with Gasteiger partial charge in [0.1, 0.15) is 5.76 Å². The van der Waals surface area contributed by atoms with E-state index in [2.05, 4.69) is 17.1 Å². The molecule has 2 aromatic heterocycles. The van der Waals surface area contributed by atoms with Gasteiger partial charge in [-0.15, -0.1) is 0 Å². The molecule has 110 valence electrons. The van der Waals surface area contributed by atoms with E-state index in [0.717, 1.165) is 18.2 Å². The fourth-order valence-corrected chi connectivity index (χ4v) is 2.27. The quantitative estimate of drug-likeness (QED) is 0.690. The van der Waals surface area contributed by atoms with Crippen LogP contribution in [0.4, 0.5) is 0 Å². The summed E-state index contributed by atoms with van der Waals surface area (Å²) in [5.74, 6) is 0.193. The Balaban J connectivity index is 0.000000361. The molecule has 0 fully saturated rings. The zero-order valence-corrected chi connectivity index (χ0v) is 11.7. The molecule has 0 saturated carbocycles. The Labute approximate surface area is 122 Å². The van der Waals surface area contributed by atoms with Gasteiger partial charge in [0, 0.05) is 30.6 Å². The Bertz CT molecular complexity index is 697. The smallest absolute Gasteiger partial charge is 0.300 e. The highest BCUT2D eigenvalue weighted by Gasteiger charge is 2.18. The first-order chi connectivity index (χ1) is 10.1.